The Morgan fingerprint density at radius 2 is 2.03 bits per heavy atom. The van der Waals surface area contributed by atoms with E-state index in [0.717, 1.165) is 6.42 Å². The Morgan fingerprint density at radius 1 is 1.17 bits per heavy atom. The van der Waals surface area contributed by atoms with Gasteiger partial charge in [-0.15, -0.1) is 0 Å². The third-order valence-electron chi connectivity index (χ3n) is 7.63. The number of ketones is 1. The van der Waals surface area contributed by atoms with Crippen molar-refractivity contribution in [3.63, 3.8) is 0 Å². The summed E-state index contributed by atoms with van der Waals surface area (Å²) in [6.45, 7) is 0.547. The van der Waals surface area contributed by atoms with E-state index in [2.05, 4.69) is 10.3 Å². The molecule has 9 heteroatoms. The molecule has 1 spiro atoms. The van der Waals surface area contributed by atoms with E-state index < -0.39 is 28.1 Å². The van der Waals surface area contributed by atoms with Crippen LogP contribution in [0.2, 0.25) is 0 Å². The second kappa shape index (κ2) is 7.78. The topological polar surface area (TPSA) is 105 Å². The van der Waals surface area contributed by atoms with Crippen LogP contribution in [0.1, 0.15) is 40.4 Å². The summed E-state index contributed by atoms with van der Waals surface area (Å²) in [5.74, 6) is -2.70. The van der Waals surface area contributed by atoms with E-state index in [1.165, 1.54) is 36.5 Å². The monoisotopic (exact) mass is 472 g/mol. The number of Topliss-reactive ketones (excluding diaryl/α,β-unsaturated/α-hetero) is 1. The number of hydrogen-bond donors (Lipinski definition) is 1. The summed E-state index contributed by atoms with van der Waals surface area (Å²) < 4.78 is 14.6. The quantitative estimate of drug-likeness (QED) is 0.349. The van der Waals surface area contributed by atoms with Gasteiger partial charge in [-0.3, -0.25) is 29.6 Å². The molecule has 1 N–H and O–H groups in total. The molecule has 0 bridgehead atoms. The molecule has 1 amide bonds. The number of nitrogens with zero attached hydrogens (tertiary/aromatic N) is 3. The second-order valence-electron chi connectivity index (χ2n) is 9.25. The number of carbonyl (C=O) groups is 2. The molecular weight excluding hydrogens is 451 g/mol. The number of carbonyl (C=O) groups excluding carboxylic acids is 2. The largest absolute Gasteiger partial charge is 0.324 e. The molecule has 0 aliphatic carbocycles. The first-order chi connectivity index (χ1) is 16.9. The number of non-ortho nitro benzene ring substituents is 1. The van der Waals surface area contributed by atoms with Crippen LogP contribution in [0.15, 0.2) is 66.9 Å². The second-order valence-corrected chi connectivity index (χ2v) is 9.25. The minimum absolute atomic E-state index is 0.0839. The molecule has 6 rings (SSSR count). The van der Waals surface area contributed by atoms with Crippen molar-refractivity contribution in [2.24, 2.45) is 5.92 Å². The fraction of sp³-hybridized carbons (Fsp3) is 0.269. The minimum atomic E-state index is -1.44. The van der Waals surface area contributed by atoms with Gasteiger partial charge in [0.1, 0.15) is 17.1 Å². The van der Waals surface area contributed by atoms with E-state index in [0.29, 0.717) is 29.8 Å². The molecule has 176 valence electrons. The zero-order valence-corrected chi connectivity index (χ0v) is 18.6. The molecule has 8 nitrogen and oxygen atoms in total. The van der Waals surface area contributed by atoms with Crippen molar-refractivity contribution in [1.82, 2.24) is 9.88 Å². The zero-order chi connectivity index (χ0) is 24.3. The lowest BCUT2D eigenvalue weighted by Gasteiger charge is -2.36. The van der Waals surface area contributed by atoms with Crippen LogP contribution in [-0.4, -0.2) is 39.1 Å². The van der Waals surface area contributed by atoms with Crippen molar-refractivity contribution >= 4 is 23.1 Å². The number of pyridine rings is 1. The number of aromatic nitrogens is 1. The van der Waals surface area contributed by atoms with Crippen molar-refractivity contribution in [2.45, 2.75) is 30.3 Å². The molecule has 0 saturated carbocycles. The number of amides is 1. The highest BCUT2D eigenvalue weighted by molar-refractivity contribution is 6.12. The highest BCUT2D eigenvalue weighted by atomic mass is 19.1. The molecular formula is C26H21FN4O4. The van der Waals surface area contributed by atoms with Crippen molar-refractivity contribution in [2.75, 3.05) is 11.9 Å². The number of nitrogens with one attached hydrogen (secondary N) is 1. The molecule has 3 unspecified atom stereocenters. The summed E-state index contributed by atoms with van der Waals surface area (Å²) in [5.41, 5.74) is 0.185. The summed E-state index contributed by atoms with van der Waals surface area (Å²) in [4.78, 5) is 45.4. The lowest BCUT2D eigenvalue weighted by molar-refractivity contribution is -0.384. The summed E-state index contributed by atoms with van der Waals surface area (Å²) in [5, 5.41) is 14.4. The summed E-state index contributed by atoms with van der Waals surface area (Å²) in [7, 11) is 0. The number of benzene rings is 2. The number of halogens is 1. The average Bonchev–Trinajstić information content (AvgIpc) is 3.52. The van der Waals surface area contributed by atoms with Gasteiger partial charge in [-0.2, -0.15) is 0 Å². The molecule has 2 aromatic carbocycles. The zero-order valence-electron chi connectivity index (χ0n) is 18.6. The Morgan fingerprint density at radius 3 is 2.80 bits per heavy atom. The van der Waals surface area contributed by atoms with Gasteiger partial charge in [-0.1, -0.05) is 18.2 Å². The Hall–Kier alpha value is -3.98. The van der Waals surface area contributed by atoms with Crippen LogP contribution in [0.5, 0.6) is 0 Å². The van der Waals surface area contributed by atoms with E-state index in [-0.39, 0.29) is 29.1 Å². The van der Waals surface area contributed by atoms with Gasteiger partial charge in [-0.25, -0.2) is 4.39 Å². The van der Waals surface area contributed by atoms with Gasteiger partial charge in [0, 0.05) is 41.5 Å². The molecule has 35 heavy (non-hydrogen) atoms. The van der Waals surface area contributed by atoms with Gasteiger partial charge in [0.2, 0.25) is 5.91 Å². The number of nitro groups is 1. The standard InChI is InChI=1S/C26H21FN4O4/c27-16-9-10-19-18(14-16)26(25(33)29-19)23(24(32)20-7-1-2-11-28-20)22(21-8-4-12-30(21)26)15-5-3-6-17(13-15)31(34)35/h1-3,5-7,9-11,13-14,21-23H,4,8,12H2,(H,29,33)/t21?,22?,23?,26-/m1/s1. The highest BCUT2D eigenvalue weighted by Crippen LogP contribution is 2.61. The number of rotatable bonds is 4. The smallest absolute Gasteiger partial charge is 0.269 e. The predicted octanol–water partition coefficient (Wildman–Crippen LogP) is 4.04. The Labute approximate surface area is 199 Å². The van der Waals surface area contributed by atoms with Crippen LogP contribution < -0.4 is 5.32 Å². The van der Waals surface area contributed by atoms with Crippen LogP contribution in [-0.2, 0) is 10.3 Å². The van der Waals surface area contributed by atoms with Crippen LogP contribution >= 0.6 is 0 Å². The first kappa shape index (κ1) is 21.5. The van der Waals surface area contributed by atoms with E-state index in [4.69, 9.17) is 0 Å². The van der Waals surface area contributed by atoms with Crippen LogP contribution in [0, 0.1) is 21.8 Å². The van der Waals surface area contributed by atoms with Gasteiger partial charge >= 0.3 is 0 Å². The Bertz CT molecular complexity index is 1380. The lowest BCUT2D eigenvalue weighted by Crippen LogP contribution is -2.53. The van der Waals surface area contributed by atoms with Gasteiger partial charge in [-0.05, 0) is 55.3 Å². The molecule has 2 fully saturated rings. The van der Waals surface area contributed by atoms with Crippen molar-refractivity contribution in [3.05, 3.63) is 99.6 Å². The normalized spacial score (nSPS) is 27.0. The summed E-state index contributed by atoms with van der Waals surface area (Å²) in [6.07, 6.45) is 3.01. The maximum Gasteiger partial charge on any atom is 0.269 e. The first-order valence-corrected chi connectivity index (χ1v) is 11.5. The molecule has 3 aliphatic rings. The van der Waals surface area contributed by atoms with Gasteiger partial charge in [0.25, 0.3) is 5.69 Å². The van der Waals surface area contributed by atoms with E-state index >= 15 is 0 Å². The fourth-order valence-electron chi connectivity index (χ4n) is 6.42. The molecule has 4 atom stereocenters. The Kier molecular flexibility index (Phi) is 4.79. The van der Waals surface area contributed by atoms with Gasteiger partial charge in [0.05, 0.1) is 10.8 Å². The molecule has 1 aromatic heterocycles. The van der Waals surface area contributed by atoms with Gasteiger partial charge < -0.3 is 5.32 Å². The lowest BCUT2D eigenvalue weighted by atomic mass is 9.69. The third-order valence-corrected chi connectivity index (χ3v) is 7.63. The maximum atomic E-state index is 14.6. The van der Waals surface area contributed by atoms with E-state index in [1.807, 2.05) is 4.90 Å². The summed E-state index contributed by atoms with van der Waals surface area (Å²) >= 11 is 0. The van der Waals surface area contributed by atoms with E-state index in [1.54, 1.807) is 30.3 Å². The molecule has 3 aromatic rings. The number of fused-ring (bicyclic) bond motifs is 4. The third kappa shape index (κ3) is 2.97. The van der Waals surface area contributed by atoms with Gasteiger partial charge in [0.15, 0.2) is 5.78 Å². The SMILES string of the molecule is O=C(c1ccccn1)C1C(c2cccc([N+](=O)[O-])c2)C2CCCN2[C@@]12C(=O)Nc1ccc(F)cc12. The first-order valence-electron chi connectivity index (χ1n) is 11.5. The minimum Gasteiger partial charge on any atom is -0.324 e. The predicted molar refractivity (Wildman–Crippen MR) is 124 cm³/mol. The molecule has 4 heterocycles. The molecule has 2 saturated heterocycles. The molecule has 0 radical (unpaired) electrons. The number of hydrogen-bond acceptors (Lipinski definition) is 6. The highest BCUT2D eigenvalue weighted by Gasteiger charge is 2.69. The van der Waals surface area contributed by atoms with Crippen LogP contribution in [0.3, 0.4) is 0 Å². The van der Waals surface area contributed by atoms with Crippen molar-refractivity contribution < 1.29 is 18.9 Å². The maximum absolute atomic E-state index is 14.6. The van der Waals surface area contributed by atoms with E-state index in [9.17, 15) is 24.1 Å². The number of anilines is 1. The average molecular weight is 472 g/mol. The van der Waals surface area contributed by atoms with Crippen molar-refractivity contribution in [1.29, 1.82) is 0 Å². The fourth-order valence-corrected chi connectivity index (χ4v) is 6.42. The number of nitro benzene ring substituents is 1. The van der Waals surface area contributed by atoms with Crippen LogP contribution in [0.4, 0.5) is 15.8 Å². The summed E-state index contributed by atoms with van der Waals surface area (Å²) in [6, 6.07) is 15.2. The molecule has 3 aliphatic heterocycles. The van der Waals surface area contributed by atoms with Crippen LogP contribution in [0.25, 0.3) is 0 Å². The van der Waals surface area contributed by atoms with Crippen molar-refractivity contribution in [3.8, 4) is 0 Å². The Balaban J connectivity index is 1.63.